The second kappa shape index (κ2) is 15.5. The predicted octanol–water partition coefficient (Wildman–Crippen LogP) is 4.18. The Morgan fingerprint density at radius 3 is 2.88 bits per heavy atom. The van der Waals surface area contributed by atoms with E-state index in [1.807, 2.05) is 57.1 Å². The lowest BCUT2D eigenvalue weighted by Gasteiger charge is -2.19. The largest absolute Gasteiger partial charge is 0.500 e. The molecule has 2 atom stereocenters. The van der Waals surface area contributed by atoms with Crippen LogP contribution in [-0.4, -0.2) is 56.1 Å². The van der Waals surface area contributed by atoms with Crippen LogP contribution in [0.1, 0.15) is 26.7 Å². The van der Waals surface area contributed by atoms with Crippen LogP contribution >= 0.6 is 0 Å². The first-order valence-corrected chi connectivity index (χ1v) is 10.7. The summed E-state index contributed by atoms with van der Waals surface area (Å²) in [7, 11) is 3.95. The molecule has 0 aromatic carbocycles. The highest BCUT2D eigenvalue weighted by molar-refractivity contribution is 6.11. The van der Waals surface area contributed by atoms with Gasteiger partial charge in [0.15, 0.2) is 0 Å². The second-order valence-corrected chi connectivity index (χ2v) is 7.32. The Morgan fingerprint density at radius 2 is 2.22 bits per heavy atom. The van der Waals surface area contributed by atoms with E-state index in [1.54, 1.807) is 24.5 Å². The molecule has 1 N–H and O–H groups in total. The standard InChI is InChI=1S/C25H33FN4O2/c1-5-10-20(12-9-16-32-17-15-30(3)4)23(11-6-2)29-25(31)21(19-27)18-22-13-7-8-14-24(26)28-22/h5,7-10,12-14,16,18,23-24H,6,11,15,17H2,1-4H3,(H,29,31)/b10-5-,16-9+,20-12+,21-18+. The lowest BCUT2D eigenvalue weighted by Crippen LogP contribution is -2.36. The topological polar surface area (TPSA) is 77.7 Å². The number of ether oxygens (including phenoxy) is 1. The minimum absolute atomic E-state index is 0.133. The number of nitriles is 1. The van der Waals surface area contributed by atoms with Gasteiger partial charge in [0, 0.05) is 6.54 Å². The zero-order valence-corrected chi connectivity index (χ0v) is 19.3. The van der Waals surface area contributed by atoms with Crippen molar-refractivity contribution in [3.05, 3.63) is 72.1 Å². The number of hydrogen-bond acceptors (Lipinski definition) is 5. The smallest absolute Gasteiger partial charge is 0.262 e. The number of aliphatic imine (C=N–C) groups is 1. The van der Waals surface area contributed by atoms with E-state index in [0.717, 1.165) is 18.5 Å². The van der Waals surface area contributed by atoms with Crippen LogP contribution < -0.4 is 5.32 Å². The van der Waals surface area contributed by atoms with Gasteiger partial charge in [0.25, 0.3) is 5.91 Å². The minimum Gasteiger partial charge on any atom is -0.500 e. The third-order valence-electron chi connectivity index (χ3n) is 4.34. The molecular formula is C25H33FN4O2. The van der Waals surface area contributed by atoms with Gasteiger partial charge in [-0.05, 0) is 57.3 Å². The van der Waals surface area contributed by atoms with Crippen molar-refractivity contribution in [2.75, 3.05) is 27.2 Å². The quantitative estimate of drug-likeness (QED) is 0.123. The monoisotopic (exact) mass is 440 g/mol. The molecule has 0 bridgehead atoms. The van der Waals surface area contributed by atoms with E-state index in [1.165, 1.54) is 18.2 Å². The molecule has 6 nitrogen and oxygen atoms in total. The van der Waals surface area contributed by atoms with Crippen molar-refractivity contribution < 1.29 is 13.9 Å². The molecule has 0 aromatic rings. The fraction of sp³-hybridized carbons (Fsp3) is 0.400. The highest BCUT2D eigenvalue weighted by Crippen LogP contribution is 2.13. The molecule has 0 saturated carbocycles. The van der Waals surface area contributed by atoms with Gasteiger partial charge in [0.2, 0.25) is 6.30 Å². The Labute approximate surface area is 190 Å². The average Bonchev–Trinajstić information content (AvgIpc) is 2.96. The van der Waals surface area contributed by atoms with Gasteiger partial charge in [-0.15, -0.1) is 0 Å². The predicted molar refractivity (Wildman–Crippen MR) is 128 cm³/mol. The summed E-state index contributed by atoms with van der Waals surface area (Å²) in [4.78, 5) is 18.7. The van der Waals surface area contributed by atoms with Crippen LogP contribution in [0.25, 0.3) is 0 Å². The third kappa shape index (κ3) is 10.7. The molecule has 1 rings (SSSR count). The average molecular weight is 441 g/mol. The molecule has 0 radical (unpaired) electrons. The summed E-state index contributed by atoms with van der Waals surface area (Å²) >= 11 is 0. The van der Waals surface area contributed by atoms with Gasteiger partial charge in [0.05, 0.1) is 24.6 Å². The normalized spacial score (nSPS) is 18.0. The number of nitrogens with zero attached hydrogens (tertiary/aromatic N) is 3. The van der Waals surface area contributed by atoms with Crippen LogP contribution in [0.15, 0.2) is 77.1 Å². The fourth-order valence-electron chi connectivity index (χ4n) is 2.76. The number of nitrogens with one attached hydrogen (secondary N) is 1. The van der Waals surface area contributed by atoms with Gasteiger partial charge in [-0.3, -0.25) is 4.79 Å². The molecule has 1 heterocycles. The number of carbonyl (C=O) groups excluding carboxylic acids is 1. The lowest BCUT2D eigenvalue weighted by molar-refractivity contribution is -0.117. The highest BCUT2D eigenvalue weighted by atomic mass is 19.1. The summed E-state index contributed by atoms with van der Waals surface area (Å²) < 4.78 is 19.1. The first-order chi connectivity index (χ1) is 15.4. The van der Waals surface area contributed by atoms with E-state index in [9.17, 15) is 14.4 Å². The number of rotatable bonds is 12. The number of alkyl halides is 1. The van der Waals surface area contributed by atoms with Crippen molar-refractivity contribution in [3.8, 4) is 6.07 Å². The maximum atomic E-state index is 13.6. The number of hydrogen-bond donors (Lipinski definition) is 1. The fourth-order valence-corrected chi connectivity index (χ4v) is 2.76. The molecule has 0 saturated heterocycles. The summed E-state index contributed by atoms with van der Waals surface area (Å²) in [6, 6.07) is 1.60. The van der Waals surface area contributed by atoms with Crippen molar-refractivity contribution in [2.24, 2.45) is 4.99 Å². The first-order valence-electron chi connectivity index (χ1n) is 10.7. The Kier molecular flexibility index (Phi) is 13.0. The van der Waals surface area contributed by atoms with Crippen LogP contribution in [0.4, 0.5) is 4.39 Å². The van der Waals surface area contributed by atoms with Crippen molar-refractivity contribution in [1.82, 2.24) is 10.2 Å². The van der Waals surface area contributed by atoms with Crippen LogP contribution in [0.5, 0.6) is 0 Å². The summed E-state index contributed by atoms with van der Waals surface area (Å²) in [6.07, 6.45) is 16.4. The van der Waals surface area contributed by atoms with Crippen molar-refractivity contribution in [3.63, 3.8) is 0 Å². The van der Waals surface area contributed by atoms with Gasteiger partial charge in [-0.25, -0.2) is 9.38 Å². The molecule has 1 amide bonds. The van der Waals surface area contributed by atoms with E-state index in [2.05, 4.69) is 10.3 Å². The van der Waals surface area contributed by atoms with E-state index < -0.39 is 12.2 Å². The minimum atomic E-state index is -1.51. The number of carbonyl (C=O) groups is 1. The van der Waals surface area contributed by atoms with E-state index in [0.29, 0.717) is 13.0 Å². The first kappa shape index (κ1) is 26.8. The van der Waals surface area contributed by atoms with Crippen molar-refractivity contribution >= 4 is 11.6 Å². The molecule has 0 aliphatic carbocycles. The molecule has 172 valence electrons. The Hall–Kier alpha value is -3.24. The summed E-state index contributed by atoms with van der Waals surface area (Å²) in [6.45, 7) is 5.31. The number of halogens is 1. The molecule has 32 heavy (non-hydrogen) atoms. The molecule has 0 aromatic heterocycles. The molecule has 1 aliphatic heterocycles. The van der Waals surface area contributed by atoms with E-state index >= 15 is 0 Å². The van der Waals surface area contributed by atoms with E-state index in [4.69, 9.17) is 4.74 Å². The molecular weight excluding hydrogens is 407 g/mol. The van der Waals surface area contributed by atoms with Crippen LogP contribution in [0.3, 0.4) is 0 Å². The molecule has 1 aliphatic rings. The summed E-state index contributed by atoms with van der Waals surface area (Å²) in [5.74, 6) is -0.531. The van der Waals surface area contributed by atoms with Gasteiger partial charge in [-0.1, -0.05) is 43.7 Å². The van der Waals surface area contributed by atoms with E-state index in [-0.39, 0.29) is 17.3 Å². The molecule has 0 fully saturated rings. The SMILES string of the molecule is C\C=C/C(=C\C=C\OCCN(C)C)C(CCC)NC(=O)/C(C#N)=C/C1=NC(F)C=CC=C1. The highest BCUT2D eigenvalue weighted by Gasteiger charge is 2.18. The Morgan fingerprint density at radius 1 is 1.44 bits per heavy atom. The van der Waals surface area contributed by atoms with Gasteiger partial charge < -0.3 is 15.0 Å². The Balaban J connectivity index is 2.98. The molecule has 7 heteroatoms. The number of amides is 1. The maximum Gasteiger partial charge on any atom is 0.262 e. The number of allylic oxidation sites excluding steroid dienone is 7. The Bertz CT molecular complexity index is 858. The van der Waals surface area contributed by atoms with Gasteiger partial charge in [-0.2, -0.15) is 5.26 Å². The van der Waals surface area contributed by atoms with Crippen LogP contribution in [0.2, 0.25) is 0 Å². The van der Waals surface area contributed by atoms with Crippen LogP contribution in [0, 0.1) is 11.3 Å². The lowest BCUT2D eigenvalue weighted by atomic mass is 10.0. The summed E-state index contributed by atoms with van der Waals surface area (Å²) in [5, 5.41) is 12.4. The third-order valence-corrected chi connectivity index (χ3v) is 4.34. The van der Waals surface area contributed by atoms with Gasteiger partial charge in [0.1, 0.15) is 11.6 Å². The van der Waals surface area contributed by atoms with Crippen molar-refractivity contribution in [1.29, 1.82) is 5.26 Å². The summed E-state index contributed by atoms with van der Waals surface area (Å²) in [5.41, 5.74) is 0.974. The second-order valence-electron chi connectivity index (χ2n) is 7.32. The molecule has 2 unspecified atom stereocenters. The maximum absolute atomic E-state index is 13.6. The van der Waals surface area contributed by atoms with Gasteiger partial charge >= 0.3 is 0 Å². The zero-order valence-electron chi connectivity index (χ0n) is 19.3. The molecule has 0 spiro atoms. The number of likely N-dealkylation sites (N-methyl/N-ethyl adjacent to an activating group) is 1. The zero-order chi connectivity index (χ0) is 23.8. The van der Waals surface area contributed by atoms with Crippen molar-refractivity contribution in [2.45, 2.75) is 39.0 Å². The van der Waals surface area contributed by atoms with Crippen LogP contribution in [-0.2, 0) is 9.53 Å².